The van der Waals surface area contributed by atoms with Crippen LogP contribution in [-0.2, 0) is 18.4 Å². The van der Waals surface area contributed by atoms with Gasteiger partial charge in [0.1, 0.15) is 0 Å². The number of nitrogens with two attached hydrogens (primary N) is 1. The maximum atomic E-state index is 12.6. The third-order valence-corrected chi connectivity index (χ3v) is 7.52. The normalized spacial score (nSPS) is 15.1. The Kier molecular flexibility index (Phi) is 26.5. The van der Waals surface area contributed by atoms with Crippen LogP contribution in [-0.4, -0.2) is 47.8 Å². The Morgan fingerprint density at radius 2 is 1.46 bits per heavy atom. The Balaban J connectivity index is 4.35. The van der Waals surface area contributed by atoms with Crippen LogP contribution in [0.5, 0.6) is 0 Å². The van der Waals surface area contributed by atoms with Crippen molar-refractivity contribution in [3.05, 3.63) is 24.3 Å². The summed E-state index contributed by atoms with van der Waals surface area (Å²) >= 11 is 0. The van der Waals surface area contributed by atoms with E-state index in [1.165, 1.54) is 32.1 Å². The van der Waals surface area contributed by atoms with E-state index < -0.39 is 20.0 Å². The van der Waals surface area contributed by atoms with E-state index in [9.17, 15) is 19.4 Å². The Labute approximate surface area is 238 Å². The molecule has 0 aromatic carbocycles. The zero-order valence-corrected chi connectivity index (χ0v) is 25.8. The minimum Gasteiger partial charge on any atom is -0.391 e. The van der Waals surface area contributed by atoms with E-state index in [2.05, 4.69) is 43.5 Å². The van der Waals surface area contributed by atoms with Crippen LogP contribution in [0.25, 0.3) is 0 Å². The molecule has 0 aromatic heterocycles. The predicted molar refractivity (Wildman–Crippen MR) is 161 cm³/mol. The van der Waals surface area contributed by atoms with Gasteiger partial charge in [-0.15, -0.1) is 0 Å². The number of hydrogen-bond donors (Lipinski definition) is 4. The van der Waals surface area contributed by atoms with E-state index >= 15 is 0 Å². The number of phosphoric ester groups is 1. The second kappa shape index (κ2) is 27.2. The predicted octanol–water partition coefficient (Wildman–Crippen LogP) is 7.10. The summed E-state index contributed by atoms with van der Waals surface area (Å²) in [5, 5.41) is 13.5. The molecule has 9 heteroatoms. The van der Waals surface area contributed by atoms with Gasteiger partial charge in [-0.05, 0) is 38.5 Å². The first-order valence-corrected chi connectivity index (χ1v) is 16.9. The first-order chi connectivity index (χ1) is 18.9. The molecule has 230 valence electrons. The molecule has 0 rings (SSSR count). The Hall–Kier alpha value is -1.02. The van der Waals surface area contributed by atoms with Gasteiger partial charge in [0.2, 0.25) is 5.91 Å². The maximum Gasteiger partial charge on any atom is 0.472 e. The van der Waals surface area contributed by atoms with Crippen molar-refractivity contribution in [3.8, 4) is 0 Å². The molecule has 0 aliphatic rings. The number of aliphatic hydroxyl groups excluding tert-OH is 1. The second-order valence-corrected chi connectivity index (χ2v) is 11.8. The third kappa shape index (κ3) is 25.7. The van der Waals surface area contributed by atoms with E-state index in [1.807, 2.05) is 0 Å². The SMILES string of the molecule is CCC/C=C\C/C=C\CCCCCCCC(=O)NC(COP(=O)(O)OCCN)C(O)CCCCCCCCC. The largest absolute Gasteiger partial charge is 0.472 e. The highest BCUT2D eigenvalue weighted by Crippen LogP contribution is 2.43. The molecule has 5 N–H and O–H groups in total. The minimum absolute atomic E-state index is 0.0857. The van der Waals surface area contributed by atoms with Crippen LogP contribution in [0.15, 0.2) is 24.3 Å². The van der Waals surface area contributed by atoms with Gasteiger partial charge in [-0.3, -0.25) is 13.8 Å². The van der Waals surface area contributed by atoms with E-state index in [-0.39, 0.29) is 25.7 Å². The molecular formula is C30H59N2O6P. The topological polar surface area (TPSA) is 131 Å². The number of nitrogens with one attached hydrogen (secondary N) is 1. The average molecular weight is 575 g/mol. The van der Waals surface area contributed by atoms with E-state index in [4.69, 9.17) is 14.8 Å². The lowest BCUT2D eigenvalue weighted by Crippen LogP contribution is -2.46. The van der Waals surface area contributed by atoms with Crippen LogP contribution in [0.3, 0.4) is 0 Å². The quantitative estimate of drug-likeness (QED) is 0.0445. The van der Waals surface area contributed by atoms with Gasteiger partial charge in [0.25, 0.3) is 0 Å². The molecule has 0 saturated carbocycles. The summed E-state index contributed by atoms with van der Waals surface area (Å²) in [5.41, 5.74) is 5.32. The van der Waals surface area contributed by atoms with Crippen LogP contribution in [0, 0.1) is 0 Å². The number of aliphatic hydroxyl groups is 1. The molecule has 0 aliphatic carbocycles. The van der Waals surface area contributed by atoms with Gasteiger partial charge in [-0.25, -0.2) is 4.57 Å². The van der Waals surface area contributed by atoms with Crippen LogP contribution in [0.4, 0.5) is 0 Å². The minimum atomic E-state index is -4.30. The zero-order valence-electron chi connectivity index (χ0n) is 24.9. The Bertz CT molecular complexity index is 674. The molecule has 0 radical (unpaired) electrons. The first-order valence-electron chi connectivity index (χ1n) is 15.5. The lowest BCUT2D eigenvalue weighted by Gasteiger charge is -2.25. The standard InChI is InChI=1S/C30H59N2O6P/c1-3-5-7-9-11-12-13-14-15-16-18-20-22-24-30(34)32-28(27-38-39(35,36)37-26-25-31)29(33)23-21-19-17-10-8-6-4-2/h7,9,12-13,28-29,33H,3-6,8,10-11,14-27,31H2,1-2H3,(H,32,34)(H,35,36)/b9-7-,13-12-. The van der Waals surface area contributed by atoms with Crippen molar-refractivity contribution >= 4 is 13.7 Å². The number of carbonyl (C=O) groups excluding carboxylic acids is 1. The number of allylic oxidation sites excluding steroid dienone is 4. The summed E-state index contributed by atoms with van der Waals surface area (Å²) in [6, 6.07) is -0.775. The van der Waals surface area contributed by atoms with Crippen molar-refractivity contribution in [2.24, 2.45) is 5.73 Å². The number of phosphoric acid groups is 1. The number of rotatable bonds is 28. The van der Waals surface area contributed by atoms with Crippen molar-refractivity contribution in [1.82, 2.24) is 5.32 Å². The van der Waals surface area contributed by atoms with Crippen LogP contribution in [0.2, 0.25) is 0 Å². The van der Waals surface area contributed by atoms with Gasteiger partial charge >= 0.3 is 7.82 Å². The van der Waals surface area contributed by atoms with Crippen molar-refractivity contribution < 1.29 is 28.4 Å². The molecule has 0 spiro atoms. The monoisotopic (exact) mass is 574 g/mol. The highest BCUT2D eigenvalue weighted by atomic mass is 31.2. The molecule has 3 unspecified atom stereocenters. The fourth-order valence-corrected chi connectivity index (χ4v) is 4.93. The van der Waals surface area contributed by atoms with Crippen LogP contribution >= 0.6 is 7.82 Å². The molecule has 1 amide bonds. The highest BCUT2D eigenvalue weighted by molar-refractivity contribution is 7.47. The summed E-state index contributed by atoms with van der Waals surface area (Å²) < 4.78 is 21.9. The number of unbranched alkanes of at least 4 members (excludes halogenated alkanes) is 12. The van der Waals surface area contributed by atoms with Gasteiger partial charge in [-0.2, -0.15) is 0 Å². The van der Waals surface area contributed by atoms with E-state index in [0.29, 0.717) is 12.8 Å². The average Bonchev–Trinajstić information content (AvgIpc) is 2.91. The lowest BCUT2D eigenvalue weighted by molar-refractivity contribution is -0.123. The zero-order chi connectivity index (χ0) is 29.0. The molecule has 0 aliphatic heterocycles. The second-order valence-electron chi connectivity index (χ2n) is 10.3. The summed E-state index contributed by atoms with van der Waals surface area (Å²) in [6.07, 6.45) is 26.3. The van der Waals surface area contributed by atoms with Gasteiger partial charge in [0.05, 0.1) is 25.4 Å². The fourth-order valence-electron chi connectivity index (χ4n) is 4.17. The first kappa shape index (κ1) is 38.0. The molecule has 0 heterocycles. The molecule has 39 heavy (non-hydrogen) atoms. The molecule has 8 nitrogen and oxygen atoms in total. The molecule has 3 atom stereocenters. The van der Waals surface area contributed by atoms with Crippen molar-refractivity contribution in [3.63, 3.8) is 0 Å². The van der Waals surface area contributed by atoms with Crippen molar-refractivity contribution in [2.45, 2.75) is 142 Å². The van der Waals surface area contributed by atoms with E-state index in [1.54, 1.807) is 0 Å². The molecule has 0 fully saturated rings. The van der Waals surface area contributed by atoms with Crippen molar-refractivity contribution in [2.75, 3.05) is 19.8 Å². The summed E-state index contributed by atoms with van der Waals surface area (Å²) in [4.78, 5) is 22.4. The van der Waals surface area contributed by atoms with Crippen molar-refractivity contribution in [1.29, 1.82) is 0 Å². The number of carbonyl (C=O) groups is 1. The Morgan fingerprint density at radius 3 is 2.13 bits per heavy atom. The number of amides is 1. The molecule has 0 saturated heterocycles. The van der Waals surface area contributed by atoms with Gasteiger partial charge < -0.3 is 21.1 Å². The fraction of sp³-hybridized carbons (Fsp3) is 0.833. The van der Waals surface area contributed by atoms with Crippen LogP contribution in [0.1, 0.15) is 129 Å². The van der Waals surface area contributed by atoms with Gasteiger partial charge in [0, 0.05) is 13.0 Å². The number of hydrogen-bond acceptors (Lipinski definition) is 6. The lowest BCUT2D eigenvalue weighted by atomic mass is 10.0. The maximum absolute atomic E-state index is 12.6. The third-order valence-electron chi connectivity index (χ3n) is 6.54. The van der Waals surface area contributed by atoms with Gasteiger partial charge in [0.15, 0.2) is 0 Å². The smallest absolute Gasteiger partial charge is 0.391 e. The molecular weight excluding hydrogens is 515 g/mol. The summed E-state index contributed by atoms with van der Waals surface area (Å²) in [5.74, 6) is -0.183. The van der Waals surface area contributed by atoms with Gasteiger partial charge in [-0.1, -0.05) is 109 Å². The van der Waals surface area contributed by atoms with Crippen LogP contribution < -0.4 is 11.1 Å². The summed E-state index contributed by atoms with van der Waals surface area (Å²) in [6.45, 7) is 4.04. The molecule has 0 aromatic rings. The Morgan fingerprint density at radius 1 is 0.846 bits per heavy atom. The molecule has 0 bridgehead atoms. The van der Waals surface area contributed by atoms with E-state index in [0.717, 1.165) is 70.6 Å². The summed E-state index contributed by atoms with van der Waals surface area (Å²) in [7, 11) is -4.30. The highest BCUT2D eigenvalue weighted by Gasteiger charge is 2.27.